The Labute approximate surface area is 167 Å². The van der Waals surface area contributed by atoms with Crippen LogP contribution in [-0.4, -0.2) is 30.9 Å². The molecule has 1 fully saturated rings. The Balaban J connectivity index is 1.80. The van der Waals surface area contributed by atoms with Crippen LogP contribution in [0.3, 0.4) is 0 Å². The van der Waals surface area contributed by atoms with Crippen molar-refractivity contribution in [3.05, 3.63) is 29.8 Å². The summed E-state index contributed by atoms with van der Waals surface area (Å²) < 4.78 is 5.73. The second-order valence-corrected chi connectivity index (χ2v) is 7.65. The largest absolute Gasteiger partial charge is 0.465 e. The van der Waals surface area contributed by atoms with Crippen molar-refractivity contribution in [2.24, 2.45) is 16.8 Å². The van der Waals surface area contributed by atoms with Crippen molar-refractivity contribution in [2.75, 3.05) is 18.5 Å². The topological polar surface area (TPSA) is 79.8 Å². The van der Waals surface area contributed by atoms with Crippen LogP contribution >= 0.6 is 0 Å². The van der Waals surface area contributed by atoms with Gasteiger partial charge in [-0.05, 0) is 49.8 Å². The molecular formula is C22H31N3O3. The van der Waals surface area contributed by atoms with Gasteiger partial charge in [0.25, 0.3) is 0 Å². The molecule has 0 spiro atoms. The number of carbonyl (C=O) groups excluding carboxylic acids is 2. The number of benzene rings is 1. The molecule has 2 unspecified atom stereocenters. The Hall–Kier alpha value is -2.37. The summed E-state index contributed by atoms with van der Waals surface area (Å²) in [6.07, 6.45) is 6.48. The predicted octanol–water partition coefficient (Wildman–Crippen LogP) is 4.47. The number of hydrogen-bond donors (Lipinski definition) is 2. The van der Waals surface area contributed by atoms with Gasteiger partial charge < -0.3 is 15.4 Å². The minimum absolute atomic E-state index is 0.287. The fourth-order valence-corrected chi connectivity index (χ4v) is 4.18. The molecule has 0 aromatic heterocycles. The van der Waals surface area contributed by atoms with Crippen LogP contribution in [0.5, 0.6) is 0 Å². The number of nitrogens with one attached hydrogen (secondary N) is 2. The van der Waals surface area contributed by atoms with Gasteiger partial charge >= 0.3 is 12.0 Å². The molecule has 2 N–H and O–H groups in total. The average molecular weight is 386 g/mol. The van der Waals surface area contributed by atoms with Crippen LogP contribution < -0.4 is 10.6 Å². The lowest BCUT2D eigenvalue weighted by Gasteiger charge is -2.31. The molecular weight excluding hydrogens is 354 g/mol. The predicted molar refractivity (Wildman–Crippen MR) is 111 cm³/mol. The van der Waals surface area contributed by atoms with E-state index in [2.05, 4.69) is 15.6 Å². The number of esters is 1. The Morgan fingerprint density at radius 3 is 2.75 bits per heavy atom. The summed E-state index contributed by atoms with van der Waals surface area (Å²) in [4.78, 5) is 29.3. The molecule has 6 nitrogen and oxygen atoms in total. The Bertz CT molecular complexity index is 725. The third kappa shape index (κ3) is 4.91. The third-order valence-electron chi connectivity index (χ3n) is 5.65. The molecule has 0 bridgehead atoms. The maximum Gasteiger partial charge on any atom is 0.341 e. The van der Waals surface area contributed by atoms with Crippen molar-refractivity contribution in [2.45, 2.75) is 58.4 Å². The second kappa shape index (κ2) is 9.71. The highest BCUT2D eigenvalue weighted by molar-refractivity contribution is 6.09. The summed E-state index contributed by atoms with van der Waals surface area (Å²) in [7, 11) is 0. The van der Waals surface area contributed by atoms with Crippen LogP contribution in [-0.2, 0) is 9.53 Å². The van der Waals surface area contributed by atoms with E-state index in [-0.39, 0.29) is 5.97 Å². The zero-order chi connectivity index (χ0) is 19.9. The van der Waals surface area contributed by atoms with Crippen molar-refractivity contribution < 1.29 is 14.3 Å². The lowest BCUT2D eigenvalue weighted by Crippen LogP contribution is -2.45. The molecule has 6 heteroatoms. The highest BCUT2D eigenvalue weighted by atomic mass is 16.5. The fourth-order valence-electron chi connectivity index (χ4n) is 4.18. The second-order valence-electron chi connectivity index (χ2n) is 7.65. The molecule has 2 atom stereocenters. The van der Waals surface area contributed by atoms with Crippen LogP contribution in [0.1, 0.15) is 64.0 Å². The number of urea groups is 1. The molecule has 1 heterocycles. The number of hydrogen-bond acceptors (Lipinski definition) is 4. The van der Waals surface area contributed by atoms with Gasteiger partial charge in [-0.15, -0.1) is 0 Å². The maximum absolute atomic E-state index is 13.0. The van der Waals surface area contributed by atoms with Crippen molar-refractivity contribution >= 4 is 23.4 Å². The van der Waals surface area contributed by atoms with E-state index in [0.29, 0.717) is 24.7 Å². The summed E-state index contributed by atoms with van der Waals surface area (Å²) >= 11 is 0. The van der Waals surface area contributed by atoms with Crippen molar-refractivity contribution in [3.63, 3.8) is 0 Å². The fraction of sp³-hybridized carbons (Fsp3) is 0.591. The number of anilines is 1. The number of ether oxygens (including phenoxy) is 1. The van der Waals surface area contributed by atoms with Gasteiger partial charge in [0.2, 0.25) is 0 Å². The van der Waals surface area contributed by atoms with Gasteiger partial charge in [0.15, 0.2) is 0 Å². The normalized spacial score (nSPS) is 22.9. The zero-order valence-corrected chi connectivity index (χ0v) is 16.9. The Morgan fingerprint density at radius 2 is 2.04 bits per heavy atom. The summed E-state index contributed by atoms with van der Waals surface area (Å²) in [5.41, 5.74) is 2.44. The van der Waals surface area contributed by atoms with Crippen LogP contribution in [0.25, 0.3) is 0 Å². The highest BCUT2D eigenvalue weighted by Gasteiger charge is 2.39. The van der Waals surface area contributed by atoms with E-state index in [4.69, 9.17) is 4.74 Å². The minimum Gasteiger partial charge on any atom is -0.465 e. The molecule has 1 saturated carbocycles. The van der Waals surface area contributed by atoms with Gasteiger partial charge in [-0.3, -0.25) is 4.79 Å². The number of nitrogens with zero attached hydrogens (tertiary/aromatic N) is 1. The smallest absolute Gasteiger partial charge is 0.341 e. The van der Waals surface area contributed by atoms with Gasteiger partial charge in [-0.2, -0.15) is 0 Å². The summed E-state index contributed by atoms with van der Waals surface area (Å²) in [6.45, 7) is 5.22. The first kappa shape index (κ1) is 20.4. The van der Waals surface area contributed by atoms with Crippen molar-refractivity contribution in [1.82, 2.24) is 5.32 Å². The number of amides is 2. The first-order valence-corrected chi connectivity index (χ1v) is 10.5. The van der Waals surface area contributed by atoms with E-state index in [1.54, 1.807) is 0 Å². The molecule has 0 saturated heterocycles. The van der Waals surface area contributed by atoms with E-state index in [1.165, 1.54) is 19.3 Å². The number of rotatable bonds is 7. The average Bonchev–Trinajstić information content (AvgIpc) is 2.72. The summed E-state index contributed by atoms with van der Waals surface area (Å²) in [6, 6.07) is 6.97. The van der Waals surface area contributed by atoms with E-state index in [1.807, 2.05) is 38.1 Å². The van der Waals surface area contributed by atoms with Gasteiger partial charge in [-0.1, -0.05) is 38.3 Å². The minimum atomic E-state index is -0.580. The lowest BCUT2D eigenvalue weighted by molar-refractivity contribution is -0.148. The molecule has 28 heavy (non-hydrogen) atoms. The van der Waals surface area contributed by atoms with Crippen LogP contribution in [0, 0.1) is 11.8 Å². The maximum atomic E-state index is 13.0. The Kier molecular flexibility index (Phi) is 7.06. The van der Waals surface area contributed by atoms with Gasteiger partial charge in [-0.25, -0.2) is 9.79 Å². The van der Waals surface area contributed by atoms with E-state index >= 15 is 0 Å². The monoisotopic (exact) mass is 385 g/mol. The molecule has 2 amide bonds. The summed E-state index contributed by atoms with van der Waals surface area (Å²) in [5.74, 6) is -0.415. The third-order valence-corrected chi connectivity index (χ3v) is 5.65. The number of aliphatic imine (C=N–C) groups is 1. The van der Waals surface area contributed by atoms with Crippen LogP contribution in [0.2, 0.25) is 0 Å². The molecule has 1 aliphatic carbocycles. The SMILES string of the molecule is CCNc1cccc(C2NC(=O)N=C(CC)C2C(=O)OCC2CCCCC2)c1. The van der Waals surface area contributed by atoms with Gasteiger partial charge in [0.05, 0.1) is 12.6 Å². The zero-order valence-electron chi connectivity index (χ0n) is 16.9. The molecule has 3 rings (SSSR count). The number of carbonyl (C=O) groups is 2. The Morgan fingerprint density at radius 1 is 1.25 bits per heavy atom. The van der Waals surface area contributed by atoms with E-state index < -0.39 is 18.0 Å². The van der Waals surface area contributed by atoms with E-state index in [0.717, 1.165) is 30.6 Å². The molecule has 1 aromatic carbocycles. The molecule has 1 aromatic rings. The van der Waals surface area contributed by atoms with Gasteiger partial charge in [0, 0.05) is 17.9 Å². The molecule has 152 valence electrons. The highest BCUT2D eigenvalue weighted by Crippen LogP contribution is 2.31. The first-order chi connectivity index (χ1) is 13.6. The standard InChI is InChI=1S/C22H31N3O3/c1-3-18-19(21(26)28-14-15-9-6-5-7-10-15)20(25-22(27)24-18)16-11-8-12-17(13-16)23-4-2/h8,11-13,15,19-20,23H,3-7,9-10,14H2,1-2H3,(H,25,27). The molecule has 0 radical (unpaired) electrons. The van der Waals surface area contributed by atoms with E-state index in [9.17, 15) is 9.59 Å². The van der Waals surface area contributed by atoms with Crippen LogP contribution in [0.15, 0.2) is 29.3 Å². The lowest BCUT2D eigenvalue weighted by atomic mass is 9.86. The quantitative estimate of drug-likeness (QED) is 0.679. The molecule has 2 aliphatic rings. The van der Waals surface area contributed by atoms with Crippen molar-refractivity contribution in [3.8, 4) is 0 Å². The first-order valence-electron chi connectivity index (χ1n) is 10.5. The van der Waals surface area contributed by atoms with Crippen LogP contribution in [0.4, 0.5) is 10.5 Å². The summed E-state index contributed by atoms with van der Waals surface area (Å²) in [5, 5.41) is 6.16. The van der Waals surface area contributed by atoms with Gasteiger partial charge in [0.1, 0.15) is 5.92 Å². The molecule has 1 aliphatic heterocycles. The van der Waals surface area contributed by atoms with Crippen molar-refractivity contribution in [1.29, 1.82) is 0 Å².